The molecule has 2 fully saturated rings. The lowest BCUT2D eigenvalue weighted by molar-refractivity contribution is -0.750. The van der Waals surface area contributed by atoms with E-state index >= 15 is 0 Å². The maximum absolute atomic E-state index is 13.0. The predicted molar refractivity (Wildman–Crippen MR) is 138 cm³/mol. The van der Waals surface area contributed by atoms with Crippen LogP contribution in [0.25, 0.3) is 0 Å². The van der Waals surface area contributed by atoms with E-state index < -0.39 is 17.6 Å². The second-order valence-electron chi connectivity index (χ2n) is 10.0. The highest BCUT2D eigenvalue weighted by Crippen LogP contribution is 2.39. The molecule has 0 spiro atoms. The predicted octanol–water partition coefficient (Wildman–Crippen LogP) is 4.19. The molecule has 3 atom stereocenters. The first kappa shape index (κ1) is 25.9. The fourth-order valence-corrected chi connectivity index (χ4v) is 5.48. The quantitative estimate of drug-likeness (QED) is 0.435. The largest absolute Gasteiger partial charge is 0.449 e. The number of aromatic nitrogens is 1. The van der Waals surface area contributed by atoms with Crippen LogP contribution in [-0.4, -0.2) is 57.7 Å². The summed E-state index contributed by atoms with van der Waals surface area (Å²) in [6.45, 7) is 0.908. The Hall–Kier alpha value is -4.36. The number of pyridine rings is 1. The number of halogens is 3. The smallest absolute Gasteiger partial charge is 0.416 e. The van der Waals surface area contributed by atoms with Gasteiger partial charge in [0.05, 0.1) is 30.1 Å². The molecule has 13 heteroatoms. The molecule has 4 aliphatic heterocycles. The summed E-state index contributed by atoms with van der Waals surface area (Å²) in [5.74, 6) is 6.47. The number of ether oxygens (including phenoxy) is 1. The van der Waals surface area contributed by atoms with Gasteiger partial charge in [0.2, 0.25) is 5.70 Å². The Bertz CT molecular complexity index is 1500. The number of nitrogens with two attached hydrogens (primary N) is 1. The van der Waals surface area contributed by atoms with Gasteiger partial charge in [-0.25, -0.2) is 9.78 Å². The summed E-state index contributed by atoms with van der Waals surface area (Å²) in [7, 11) is 0. The summed E-state index contributed by atoms with van der Waals surface area (Å²) < 4.78 is 44.0. The van der Waals surface area contributed by atoms with Crippen molar-refractivity contribution in [1.29, 1.82) is 0 Å². The average molecular weight is 553 g/mol. The number of piperidine rings is 1. The number of allylic oxidation sites excluding steroid dienone is 1. The van der Waals surface area contributed by atoms with Gasteiger partial charge >= 0.3 is 12.3 Å². The molecule has 0 radical (unpaired) electrons. The lowest BCUT2D eigenvalue weighted by Gasteiger charge is -2.41. The van der Waals surface area contributed by atoms with Crippen LogP contribution in [-0.2, 0) is 10.9 Å². The summed E-state index contributed by atoms with van der Waals surface area (Å²) in [4.78, 5) is 39.9. The molecule has 1 aromatic heterocycles. The van der Waals surface area contributed by atoms with Crippen molar-refractivity contribution in [3.05, 3.63) is 83.1 Å². The number of quaternary nitrogens is 1. The number of aliphatic imine (C=N–C) groups is 2. The first-order valence-corrected chi connectivity index (χ1v) is 12.7. The van der Waals surface area contributed by atoms with E-state index in [4.69, 9.17) is 15.6 Å². The van der Waals surface area contributed by atoms with Crippen molar-refractivity contribution in [2.75, 3.05) is 18.5 Å². The third-order valence-corrected chi connectivity index (χ3v) is 7.56. The van der Waals surface area contributed by atoms with Crippen molar-refractivity contribution in [1.82, 2.24) is 9.88 Å². The first-order chi connectivity index (χ1) is 19.1. The summed E-state index contributed by atoms with van der Waals surface area (Å²) >= 11 is 0. The van der Waals surface area contributed by atoms with E-state index in [0.717, 1.165) is 43.3 Å². The van der Waals surface area contributed by atoms with E-state index in [0.29, 0.717) is 30.2 Å². The number of hydrogen-bond acceptors (Lipinski definition) is 7. The van der Waals surface area contributed by atoms with Crippen molar-refractivity contribution < 1.29 is 32.1 Å². The van der Waals surface area contributed by atoms with Crippen molar-refractivity contribution in [2.24, 2.45) is 21.7 Å². The SMILES string of the molecule is N[N+]12C=CN=CC1=C([C@@H]1CC[C@H]3CCOC(=O)N3C1)N=C2c1ccc(C(=O)Nc2cc(C(F)(F)F)ccn2)cc1. The second-order valence-corrected chi connectivity index (χ2v) is 10.0. The molecule has 1 unspecified atom stereocenters. The molecule has 3 N–H and O–H groups in total. The highest BCUT2D eigenvalue weighted by atomic mass is 19.4. The molecule has 0 bridgehead atoms. The van der Waals surface area contributed by atoms with E-state index in [-0.39, 0.29) is 34.0 Å². The van der Waals surface area contributed by atoms with Crippen LogP contribution in [0, 0.1) is 5.92 Å². The molecule has 0 saturated carbocycles. The number of anilines is 1. The topological polar surface area (TPSA) is 122 Å². The zero-order valence-corrected chi connectivity index (χ0v) is 21.1. The number of fused-ring (bicyclic) bond motifs is 2. The van der Waals surface area contributed by atoms with Gasteiger partial charge in [-0.3, -0.25) is 9.79 Å². The maximum atomic E-state index is 13.0. The standard InChI is InChI=1S/C27H24F3N7O3/c28-27(29,30)19-7-9-33-22(13-19)34-25(38)17-3-1-16(2-4-17)24-35-23(21-14-32-10-11-37(21,24)31)18-5-6-20-8-12-40-26(39)36(20)15-18/h1-4,7,9-11,13-14,18,20H,5-6,8,12,15,31H2/p+1/t18-,20+,37?/m1/s1. The number of carbonyl (C=O) groups is 2. The van der Waals surface area contributed by atoms with Crippen LogP contribution in [0.4, 0.5) is 23.8 Å². The van der Waals surface area contributed by atoms with Crippen LogP contribution < -0.4 is 11.2 Å². The number of nitrogens with zero attached hydrogens (tertiary/aromatic N) is 5. The van der Waals surface area contributed by atoms with Crippen LogP contribution in [0.15, 0.2) is 76.4 Å². The fraction of sp³-hybridized carbons (Fsp3) is 0.296. The van der Waals surface area contributed by atoms with Gasteiger partial charge in [0.15, 0.2) is 0 Å². The van der Waals surface area contributed by atoms with Gasteiger partial charge in [-0.2, -0.15) is 24.0 Å². The first-order valence-electron chi connectivity index (χ1n) is 12.7. The minimum absolute atomic E-state index is 0.0570. The second kappa shape index (κ2) is 9.68. The average Bonchev–Trinajstić information content (AvgIpc) is 3.26. The van der Waals surface area contributed by atoms with Gasteiger partial charge in [0.1, 0.15) is 17.7 Å². The van der Waals surface area contributed by atoms with Crippen molar-refractivity contribution in [3.8, 4) is 0 Å². The molecule has 6 rings (SSSR count). The number of cyclic esters (lactones) is 1. The normalized spacial score (nSPS) is 25.8. The Balaban J connectivity index is 1.24. The van der Waals surface area contributed by atoms with E-state index in [9.17, 15) is 22.8 Å². The molecule has 2 amide bonds. The zero-order valence-electron chi connectivity index (χ0n) is 21.1. The number of rotatable bonds is 4. The number of amides is 2. The highest BCUT2D eigenvalue weighted by Gasteiger charge is 2.47. The summed E-state index contributed by atoms with van der Waals surface area (Å²) in [5.41, 5.74) is 1.40. The molecule has 2 aromatic rings. The number of benzene rings is 1. The van der Waals surface area contributed by atoms with E-state index in [1.807, 2.05) is 0 Å². The van der Waals surface area contributed by atoms with Gasteiger partial charge in [-0.1, -0.05) is 0 Å². The van der Waals surface area contributed by atoms with E-state index in [1.54, 1.807) is 47.8 Å². The maximum Gasteiger partial charge on any atom is 0.416 e. The molecule has 1 aromatic carbocycles. The molecule has 40 heavy (non-hydrogen) atoms. The fourth-order valence-electron chi connectivity index (χ4n) is 5.48. The molecular formula is C27H25F3N7O3+. The molecule has 206 valence electrons. The summed E-state index contributed by atoms with van der Waals surface area (Å²) in [5, 5.41) is 2.40. The Kier molecular flexibility index (Phi) is 6.27. The Morgan fingerprint density at radius 3 is 2.73 bits per heavy atom. The lowest BCUT2D eigenvalue weighted by Crippen LogP contribution is -2.53. The minimum Gasteiger partial charge on any atom is -0.449 e. The third-order valence-electron chi connectivity index (χ3n) is 7.56. The van der Waals surface area contributed by atoms with Crippen LogP contribution in [0.5, 0.6) is 0 Å². The van der Waals surface area contributed by atoms with Gasteiger partial charge in [-0.05, 0) is 49.2 Å². The monoisotopic (exact) mass is 552 g/mol. The molecule has 4 aliphatic rings. The van der Waals surface area contributed by atoms with Crippen LogP contribution in [0.3, 0.4) is 0 Å². The highest BCUT2D eigenvalue weighted by molar-refractivity contribution is 6.05. The zero-order chi connectivity index (χ0) is 28.1. The Morgan fingerprint density at radius 2 is 1.95 bits per heavy atom. The molecule has 5 heterocycles. The van der Waals surface area contributed by atoms with Crippen LogP contribution in [0.1, 0.15) is 40.7 Å². The van der Waals surface area contributed by atoms with Crippen molar-refractivity contribution in [2.45, 2.75) is 31.5 Å². The number of amidine groups is 1. The Morgan fingerprint density at radius 1 is 1.15 bits per heavy atom. The number of nitrogens with one attached hydrogen (secondary N) is 1. The van der Waals surface area contributed by atoms with E-state index in [2.05, 4.69) is 15.3 Å². The Labute approximate surface area is 226 Å². The van der Waals surface area contributed by atoms with Gasteiger partial charge in [0.25, 0.3) is 11.7 Å². The van der Waals surface area contributed by atoms with Crippen LogP contribution >= 0.6 is 0 Å². The summed E-state index contributed by atoms with van der Waals surface area (Å²) in [6, 6.07) is 8.21. The van der Waals surface area contributed by atoms with Crippen molar-refractivity contribution >= 4 is 29.9 Å². The lowest BCUT2D eigenvalue weighted by atomic mass is 9.88. The van der Waals surface area contributed by atoms with Gasteiger partial charge in [0, 0.05) is 36.7 Å². The molecular weight excluding hydrogens is 527 g/mol. The van der Waals surface area contributed by atoms with Crippen LogP contribution in [0.2, 0.25) is 0 Å². The third kappa shape index (κ3) is 4.56. The molecule has 2 saturated heterocycles. The summed E-state index contributed by atoms with van der Waals surface area (Å²) in [6.07, 6.45) is 3.58. The van der Waals surface area contributed by atoms with Crippen molar-refractivity contribution in [3.63, 3.8) is 0 Å². The number of alkyl halides is 3. The van der Waals surface area contributed by atoms with Gasteiger partial charge in [-0.15, -0.1) is 4.59 Å². The van der Waals surface area contributed by atoms with E-state index in [1.165, 1.54) is 0 Å². The molecule has 10 nitrogen and oxygen atoms in total. The number of carbonyl (C=O) groups excluding carboxylic acids is 2. The van der Waals surface area contributed by atoms with Gasteiger partial charge < -0.3 is 15.0 Å². The minimum atomic E-state index is -4.55. The molecule has 0 aliphatic carbocycles. The number of hydrogen-bond donors (Lipinski definition) is 2.